The number of carbonyl (C=O) groups is 2. The normalized spacial score (nSPS) is 11.6. The number of carboxylic acid groups (broad SMARTS) is 1. The number of aromatic nitrogens is 3. The van der Waals surface area contributed by atoms with E-state index in [1.165, 1.54) is 29.9 Å². The van der Waals surface area contributed by atoms with Crippen molar-refractivity contribution in [2.75, 3.05) is 7.11 Å². The fraction of sp³-hybridized carbons (Fsp3) is 0.118. The number of hydrogen-bond acceptors (Lipinski definition) is 8. The number of carboxylic acids is 1. The molecule has 0 radical (unpaired) electrons. The summed E-state index contributed by atoms with van der Waals surface area (Å²) in [4.78, 5) is 27.5. The van der Waals surface area contributed by atoms with Crippen molar-refractivity contribution in [3.63, 3.8) is 0 Å². The predicted octanol–water partition coefficient (Wildman–Crippen LogP) is 1.62. The Kier molecular flexibility index (Phi) is 4.89. The molecule has 3 rings (SSSR count). The number of methoxy groups -OCH3 is 1. The lowest BCUT2D eigenvalue weighted by molar-refractivity contribution is -0.132. The second-order valence-corrected chi connectivity index (χ2v) is 6.08. The van der Waals surface area contributed by atoms with E-state index in [2.05, 4.69) is 19.9 Å². The molecule has 28 heavy (non-hydrogen) atoms. The highest BCUT2D eigenvalue weighted by Crippen LogP contribution is 2.30. The first-order valence-corrected chi connectivity index (χ1v) is 8.15. The van der Waals surface area contributed by atoms with Crippen LogP contribution in [0.25, 0.3) is 16.7 Å². The number of aromatic carboxylic acids is 1. The van der Waals surface area contributed by atoms with E-state index in [0.717, 1.165) is 7.11 Å². The fourth-order valence-corrected chi connectivity index (χ4v) is 2.85. The van der Waals surface area contributed by atoms with E-state index >= 15 is 0 Å². The van der Waals surface area contributed by atoms with Crippen molar-refractivity contribution < 1.29 is 24.5 Å². The first-order chi connectivity index (χ1) is 13.3. The topological polar surface area (TPSA) is 153 Å². The minimum absolute atomic E-state index is 0.00974. The van der Waals surface area contributed by atoms with Crippen LogP contribution >= 0.6 is 11.6 Å². The van der Waals surface area contributed by atoms with Gasteiger partial charge in [-0.2, -0.15) is 5.10 Å². The Morgan fingerprint density at radius 2 is 2.07 bits per heavy atom. The summed E-state index contributed by atoms with van der Waals surface area (Å²) in [7, 11) is 1.15. The van der Waals surface area contributed by atoms with Gasteiger partial charge in [-0.15, -0.1) is 5.10 Å². The second-order valence-electron chi connectivity index (χ2n) is 5.67. The molecular formula is C17H14ClN5O5. The Morgan fingerprint density at radius 1 is 1.36 bits per heavy atom. The number of nitrogens with two attached hydrogens (primary N) is 1. The van der Waals surface area contributed by atoms with E-state index in [-0.39, 0.29) is 44.3 Å². The summed E-state index contributed by atoms with van der Waals surface area (Å²) in [6.45, 7) is 1.52. The van der Waals surface area contributed by atoms with Gasteiger partial charge >= 0.3 is 11.9 Å². The third-order valence-electron chi connectivity index (χ3n) is 4.01. The van der Waals surface area contributed by atoms with Crippen molar-refractivity contribution in [1.82, 2.24) is 14.8 Å². The van der Waals surface area contributed by atoms with Crippen LogP contribution in [0.5, 0.6) is 5.75 Å². The highest BCUT2D eigenvalue weighted by atomic mass is 35.5. The molecular weight excluding hydrogens is 390 g/mol. The Balaban J connectivity index is 2.28. The molecule has 1 aromatic carbocycles. The molecule has 0 bridgehead atoms. The molecule has 2 aromatic heterocycles. The maximum atomic E-state index is 12.0. The third-order valence-corrected chi connectivity index (χ3v) is 4.34. The third kappa shape index (κ3) is 3.09. The average molecular weight is 404 g/mol. The first kappa shape index (κ1) is 19.1. The Hall–Kier alpha value is -3.66. The van der Waals surface area contributed by atoms with Gasteiger partial charge in [-0.1, -0.05) is 11.6 Å². The Morgan fingerprint density at radius 3 is 2.68 bits per heavy atom. The lowest BCUT2D eigenvalue weighted by atomic mass is 10.1. The fourth-order valence-electron chi connectivity index (χ4n) is 2.65. The summed E-state index contributed by atoms with van der Waals surface area (Å²) in [6, 6.07) is 4.32. The number of carbonyl (C=O) groups excluding carboxylic acids is 1. The summed E-state index contributed by atoms with van der Waals surface area (Å²) in [5.74, 6) is 2.98. The van der Waals surface area contributed by atoms with E-state index in [1.54, 1.807) is 6.07 Å². The number of nitrogens with zero attached hydrogens (tertiary/aromatic N) is 4. The number of hydrogen-bond donors (Lipinski definition) is 3. The molecule has 0 aliphatic heterocycles. The molecule has 11 heteroatoms. The molecule has 4 N–H and O–H groups in total. The van der Waals surface area contributed by atoms with Crippen LogP contribution in [0.2, 0.25) is 5.02 Å². The second kappa shape index (κ2) is 7.16. The molecule has 10 nitrogen and oxygen atoms in total. The quantitative estimate of drug-likeness (QED) is 0.257. The number of esters is 1. The molecule has 0 fully saturated rings. The smallest absolute Gasteiger partial charge is 0.359 e. The van der Waals surface area contributed by atoms with Crippen LogP contribution in [0.15, 0.2) is 29.5 Å². The van der Waals surface area contributed by atoms with Crippen LogP contribution in [-0.2, 0) is 9.53 Å². The first-order valence-electron chi connectivity index (χ1n) is 7.77. The summed E-state index contributed by atoms with van der Waals surface area (Å²) in [5, 5.41) is 27.7. The zero-order chi connectivity index (χ0) is 20.6. The van der Waals surface area contributed by atoms with Crippen LogP contribution in [0, 0.1) is 6.92 Å². The van der Waals surface area contributed by atoms with Crippen molar-refractivity contribution in [1.29, 1.82) is 0 Å². The van der Waals surface area contributed by atoms with E-state index in [0.29, 0.717) is 5.69 Å². The number of halogens is 1. The van der Waals surface area contributed by atoms with Crippen LogP contribution in [0.4, 0.5) is 0 Å². The molecule has 0 saturated carbocycles. The van der Waals surface area contributed by atoms with E-state index in [4.69, 9.17) is 17.4 Å². The van der Waals surface area contributed by atoms with Crippen molar-refractivity contribution in [3.8, 4) is 11.4 Å². The molecule has 144 valence electrons. The minimum atomic E-state index is -1.20. The van der Waals surface area contributed by atoms with Crippen LogP contribution < -0.4 is 5.84 Å². The van der Waals surface area contributed by atoms with Crippen molar-refractivity contribution >= 4 is 40.3 Å². The molecule has 3 aromatic rings. The lowest BCUT2D eigenvalue weighted by Gasteiger charge is -2.08. The van der Waals surface area contributed by atoms with Crippen LogP contribution in [-0.4, -0.2) is 49.7 Å². The zero-order valence-corrected chi connectivity index (χ0v) is 15.4. The minimum Gasteiger partial charge on any atom is -0.505 e. The number of fused-ring (bicyclic) bond motifs is 1. The number of hydrazone groups is 1. The Labute approximate surface area is 162 Å². The molecule has 0 unspecified atom stereocenters. The Bertz CT molecular complexity index is 1150. The number of aryl methyl sites for hydroxylation is 1. The number of pyridine rings is 1. The molecule has 0 saturated heterocycles. The number of benzene rings is 1. The van der Waals surface area contributed by atoms with E-state index in [1.807, 2.05) is 0 Å². The molecule has 0 spiro atoms. The monoisotopic (exact) mass is 403 g/mol. The van der Waals surface area contributed by atoms with Gasteiger partial charge in [0.15, 0.2) is 11.4 Å². The summed E-state index contributed by atoms with van der Waals surface area (Å²) in [6.07, 6.45) is 1.46. The highest BCUT2D eigenvalue weighted by Gasteiger charge is 2.25. The maximum absolute atomic E-state index is 12.0. The average Bonchev–Trinajstić information content (AvgIpc) is 3.08. The van der Waals surface area contributed by atoms with Crippen LogP contribution in [0.3, 0.4) is 0 Å². The van der Waals surface area contributed by atoms with Gasteiger partial charge in [0.25, 0.3) is 0 Å². The SMILES string of the molecule is COC(=O)C(=NN)c1c(O)c(C)nc2nn(-c3ccc(Cl)c(C(=O)O)c3)cc12. The molecule has 0 aliphatic carbocycles. The van der Waals surface area contributed by atoms with Gasteiger partial charge in [-0.3, -0.25) is 0 Å². The van der Waals surface area contributed by atoms with Crippen molar-refractivity contribution in [3.05, 3.63) is 46.2 Å². The number of aromatic hydroxyl groups is 1. The largest absolute Gasteiger partial charge is 0.505 e. The summed E-state index contributed by atoms with van der Waals surface area (Å²) < 4.78 is 6.00. The summed E-state index contributed by atoms with van der Waals surface area (Å²) in [5.41, 5.74) is 0.354. The zero-order valence-electron chi connectivity index (χ0n) is 14.7. The maximum Gasteiger partial charge on any atom is 0.359 e. The standard InChI is InChI=1S/C17H14ClN5O5/c1-7-14(24)12(13(21-19)17(27)28-2)10-6-23(22-15(10)20-7)8-3-4-11(18)9(5-8)16(25)26/h3-6,24H,19H2,1-2H3,(H,25,26). The summed E-state index contributed by atoms with van der Waals surface area (Å²) >= 11 is 5.90. The number of rotatable bonds is 4. The highest BCUT2D eigenvalue weighted by molar-refractivity contribution is 6.46. The van der Waals surface area contributed by atoms with Gasteiger partial charge in [0.1, 0.15) is 5.75 Å². The molecule has 0 amide bonds. The van der Waals surface area contributed by atoms with Gasteiger partial charge in [-0.05, 0) is 25.1 Å². The van der Waals surface area contributed by atoms with Gasteiger partial charge in [0.05, 0.1) is 40.0 Å². The van der Waals surface area contributed by atoms with Crippen molar-refractivity contribution in [2.24, 2.45) is 10.9 Å². The molecule has 0 atom stereocenters. The molecule has 0 aliphatic rings. The van der Waals surface area contributed by atoms with Gasteiger partial charge in [0.2, 0.25) is 0 Å². The van der Waals surface area contributed by atoms with E-state index in [9.17, 15) is 19.8 Å². The molecule has 2 heterocycles. The van der Waals surface area contributed by atoms with Gasteiger partial charge in [-0.25, -0.2) is 19.3 Å². The number of ether oxygens (including phenoxy) is 1. The predicted molar refractivity (Wildman–Crippen MR) is 100.0 cm³/mol. The van der Waals surface area contributed by atoms with Gasteiger partial charge < -0.3 is 20.8 Å². The van der Waals surface area contributed by atoms with Crippen LogP contribution in [0.1, 0.15) is 21.6 Å². The van der Waals surface area contributed by atoms with Crippen molar-refractivity contribution in [2.45, 2.75) is 6.92 Å². The van der Waals surface area contributed by atoms with E-state index < -0.39 is 11.9 Å². The lowest BCUT2D eigenvalue weighted by Crippen LogP contribution is -2.20. The van der Waals surface area contributed by atoms with Gasteiger partial charge in [0, 0.05) is 6.20 Å².